The number of benzene rings is 1. The van der Waals surface area contributed by atoms with E-state index in [0.29, 0.717) is 0 Å². The molecule has 0 heterocycles. The summed E-state index contributed by atoms with van der Waals surface area (Å²) in [5.41, 5.74) is 5.49. The minimum Gasteiger partial charge on any atom is -1.00 e. The topological polar surface area (TPSA) is 0 Å². The largest absolute Gasteiger partial charge is 3.00 e. The van der Waals surface area contributed by atoms with Crippen LogP contribution in [0.1, 0.15) is 17.5 Å². The SMILES string of the molecule is C[Si](C)=C1C(C2=CC=CC2)=[C-]c2ccccc21.[Cl-].[Cl-].[Ti+3]. The molecule has 2 aliphatic carbocycles. The molecule has 0 amide bonds. The first-order valence-corrected chi connectivity index (χ1v) is 8.54. The number of hydrogen-bond acceptors (Lipinski definition) is 0. The smallest absolute Gasteiger partial charge is 1.00 e. The van der Waals surface area contributed by atoms with Crippen molar-refractivity contribution in [2.75, 3.05) is 0 Å². The number of rotatable bonds is 1. The normalized spacial score (nSPS) is 14.4. The van der Waals surface area contributed by atoms with Crippen molar-refractivity contribution >= 4 is 13.6 Å². The van der Waals surface area contributed by atoms with E-state index in [1.807, 2.05) is 0 Å². The van der Waals surface area contributed by atoms with Crippen LogP contribution in [-0.4, -0.2) is 13.6 Å². The summed E-state index contributed by atoms with van der Waals surface area (Å²) in [6.45, 7) is 4.74. The quantitative estimate of drug-likeness (QED) is 0.387. The van der Waals surface area contributed by atoms with Crippen LogP contribution in [0.15, 0.2) is 53.6 Å². The van der Waals surface area contributed by atoms with Crippen LogP contribution in [-0.2, 0) is 21.7 Å². The van der Waals surface area contributed by atoms with Crippen LogP contribution in [0.3, 0.4) is 0 Å². The second kappa shape index (κ2) is 8.31. The Morgan fingerprint density at radius 1 is 1.10 bits per heavy atom. The van der Waals surface area contributed by atoms with Crippen LogP contribution in [0, 0.1) is 6.08 Å². The Kier molecular flexibility index (Phi) is 8.23. The molecule has 101 valence electrons. The van der Waals surface area contributed by atoms with E-state index in [2.05, 4.69) is 61.7 Å². The van der Waals surface area contributed by atoms with Gasteiger partial charge in [-0.05, 0) is 14.8 Å². The van der Waals surface area contributed by atoms with Crippen molar-refractivity contribution in [3.63, 3.8) is 0 Å². The van der Waals surface area contributed by atoms with Gasteiger partial charge < -0.3 is 24.8 Å². The van der Waals surface area contributed by atoms with E-state index < -0.39 is 8.41 Å². The maximum atomic E-state index is 3.60. The van der Waals surface area contributed by atoms with Crippen molar-refractivity contribution in [3.05, 3.63) is 70.8 Å². The zero-order valence-corrected chi connectivity index (χ0v) is 15.6. The van der Waals surface area contributed by atoms with Gasteiger partial charge in [-0.1, -0.05) is 49.5 Å². The molecule has 1 aromatic carbocycles. The monoisotopic (exact) mass is 353 g/mol. The molecule has 0 fully saturated rings. The van der Waals surface area contributed by atoms with E-state index in [9.17, 15) is 0 Å². The summed E-state index contributed by atoms with van der Waals surface area (Å²) in [6.07, 6.45) is 11.3. The van der Waals surface area contributed by atoms with Crippen LogP contribution in [0.25, 0.3) is 0 Å². The molecule has 3 rings (SSSR count). The van der Waals surface area contributed by atoms with E-state index >= 15 is 0 Å². The van der Waals surface area contributed by atoms with Gasteiger partial charge in [-0.25, -0.2) is 0 Å². The molecule has 0 bridgehead atoms. The van der Waals surface area contributed by atoms with Gasteiger partial charge in [0.2, 0.25) is 0 Å². The predicted molar refractivity (Wildman–Crippen MR) is 75.7 cm³/mol. The van der Waals surface area contributed by atoms with Crippen molar-refractivity contribution < 1.29 is 46.5 Å². The Morgan fingerprint density at radius 2 is 1.80 bits per heavy atom. The Hall–Kier alpha value is -0.179. The molecule has 0 saturated heterocycles. The van der Waals surface area contributed by atoms with Crippen molar-refractivity contribution in [1.29, 1.82) is 0 Å². The summed E-state index contributed by atoms with van der Waals surface area (Å²) in [4.78, 5) is 0. The molecule has 4 heteroatoms. The first kappa shape index (κ1) is 19.8. The van der Waals surface area contributed by atoms with Gasteiger partial charge >= 0.3 is 21.7 Å². The van der Waals surface area contributed by atoms with Crippen molar-refractivity contribution in [1.82, 2.24) is 0 Å². The first-order valence-electron chi connectivity index (χ1n) is 6.04. The van der Waals surface area contributed by atoms with E-state index in [1.165, 1.54) is 22.3 Å². The van der Waals surface area contributed by atoms with Crippen LogP contribution in [0.2, 0.25) is 13.1 Å². The zero-order valence-electron chi connectivity index (χ0n) is 11.5. The molecule has 0 N–H and O–H groups in total. The fourth-order valence-electron chi connectivity index (χ4n) is 2.53. The zero-order chi connectivity index (χ0) is 11.8. The summed E-state index contributed by atoms with van der Waals surface area (Å²) in [7, 11) is -0.460. The third kappa shape index (κ3) is 3.53. The minimum atomic E-state index is -0.460. The minimum absolute atomic E-state index is 0. The molecule has 2 aliphatic rings. The van der Waals surface area contributed by atoms with Crippen LogP contribution in [0.4, 0.5) is 0 Å². The third-order valence-electron chi connectivity index (χ3n) is 3.30. The number of halogens is 2. The van der Waals surface area contributed by atoms with E-state index in [0.717, 1.165) is 6.42 Å². The van der Waals surface area contributed by atoms with Gasteiger partial charge in [-0.2, -0.15) is 0 Å². The summed E-state index contributed by atoms with van der Waals surface area (Å²) in [5.74, 6) is 0. The van der Waals surface area contributed by atoms with E-state index in [1.54, 1.807) is 5.17 Å². The van der Waals surface area contributed by atoms with Gasteiger partial charge in [0.25, 0.3) is 0 Å². The van der Waals surface area contributed by atoms with Crippen molar-refractivity contribution in [2.24, 2.45) is 0 Å². The molecule has 1 radical (unpaired) electrons. The van der Waals surface area contributed by atoms with E-state index in [4.69, 9.17) is 0 Å². The fraction of sp³-hybridized carbons (Fsp3) is 0.188. The molecule has 0 nitrogen and oxygen atoms in total. The molecule has 1 aromatic rings. The maximum absolute atomic E-state index is 3.60. The van der Waals surface area contributed by atoms with Crippen LogP contribution in [0.5, 0.6) is 0 Å². The van der Waals surface area contributed by atoms with Crippen molar-refractivity contribution in [2.45, 2.75) is 19.5 Å². The summed E-state index contributed by atoms with van der Waals surface area (Å²) in [5, 5.41) is 1.56. The summed E-state index contributed by atoms with van der Waals surface area (Å²) in [6, 6.07) is 8.66. The van der Waals surface area contributed by atoms with Crippen LogP contribution < -0.4 is 24.8 Å². The molecule has 0 atom stereocenters. The van der Waals surface area contributed by atoms with Gasteiger partial charge in [-0.3, -0.25) is 0 Å². The molecule has 0 spiro atoms. The standard InChI is InChI=1S/C16H15Si.2ClH.Ti/c1-17(2)16-14-10-6-5-9-13(14)11-15(16)12-7-3-4-8-12;;;/h3-7,9-10H,8H2,1-2H3;2*1H;/q-1;;;+3/p-2. The maximum Gasteiger partial charge on any atom is 3.00 e. The van der Waals surface area contributed by atoms with Crippen molar-refractivity contribution in [3.8, 4) is 0 Å². The fourth-order valence-corrected chi connectivity index (χ4v) is 4.01. The molecule has 0 aliphatic heterocycles. The third-order valence-corrected chi connectivity index (χ3v) is 4.82. The van der Waals surface area contributed by atoms with E-state index in [-0.39, 0.29) is 46.5 Å². The average molecular weight is 354 g/mol. The van der Waals surface area contributed by atoms with Gasteiger partial charge in [0.1, 0.15) is 0 Å². The van der Waals surface area contributed by atoms with Gasteiger partial charge in [0, 0.05) is 0 Å². The molecular formula is C16H15Cl2SiTi. The number of allylic oxidation sites excluding steroid dienone is 5. The molecule has 0 aromatic heterocycles. The Labute approximate surface area is 150 Å². The molecule has 0 saturated carbocycles. The summed E-state index contributed by atoms with van der Waals surface area (Å²) < 4.78 is 0. The molecule has 0 unspecified atom stereocenters. The Balaban J connectivity index is 0.00000120. The second-order valence-electron chi connectivity index (χ2n) is 4.74. The van der Waals surface area contributed by atoms with Gasteiger partial charge in [0.05, 0.1) is 0 Å². The summed E-state index contributed by atoms with van der Waals surface area (Å²) >= 11 is 0. The average Bonchev–Trinajstić information content (AvgIpc) is 2.95. The predicted octanol–water partition coefficient (Wildman–Crippen LogP) is -2.47. The molecule has 20 heavy (non-hydrogen) atoms. The number of hydrogen-bond donors (Lipinski definition) is 0. The first-order chi connectivity index (χ1) is 8.27. The number of fused-ring (bicyclic) bond motifs is 1. The Bertz CT molecular complexity index is 609. The molecular weight excluding hydrogens is 339 g/mol. The Morgan fingerprint density at radius 3 is 2.40 bits per heavy atom. The van der Waals surface area contributed by atoms with Gasteiger partial charge in [-0.15, -0.1) is 39.6 Å². The van der Waals surface area contributed by atoms with Gasteiger partial charge in [0.15, 0.2) is 0 Å². The van der Waals surface area contributed by atoms with Crippen LogP contribution >= 0.6 is 0 Å². The second-order valence-corrected chi connectivity index (χ2v) is 7.24.